The molecule has 1 heterocycles. The van der Waals surface area contributed by atoms with Crippen LogP contribution in [-0.2, 0) is 16.5 Å². The molecule has 0 aliphatic carbocycles. The zero-order valence-electron chi connectivity index (χ0n) is 12.8. The van der Waals surface area contributed by atoms with E-state index in [4.69, 9.17) is 16.5 Å². The minimum Gasteiger partial charge on any atom is -0.425 e. The molecule has 1 aliphatic heterocycles. The normalized spacial score (nSPS) is 23.0. The Morgan fingerprint density at radius 1 is 0.727 bits per heavy atom. The fourth-order valence-electron chi connectivity index (χ4n) is 2.51. The van der Waals surface area contributed by atoms with Gasteiger partial charge in [0.05, 0.1) is 0 Å². The molecular weight excluding hydrogens is 344 g/mol. The van der Waals surface area contributed by atoms with Crippen LogP contribution < -0.4 is 10.4 Å². The number of hydrogen-bond acceptors (Lipinski definition) is 4. The molecule has 0 amide bonds. The summed E-state index contributed by atoms with van der Waals surface area (Å²) in [6.45, 7) is 4.15. The minimum absolute atomic E-state index is 0.965. The van der Waals surface area contributed by atoms with Gasteiger partial charge in [-0.25, -0.2) is 0 Å². The van der Waals surface area contributed by atoms with Gasteiger partial charge in [0.25, 0.3) is 20.0 Å². The van der Waals surface area contributed by atoms with Gasteiger partial charge in [-0.05, 0) is 23.5 Å². The fraction of sp³-hybridized carbons (Fsp3) is 0.143. The summed E-state index contributed by atoms with van der Waals surface area (Å²) in [4.78, 5) is 0. The molecule has 0 bridgehead atoms. The highest BCUT2D eigenvalue weighted by molar-refractivity contribution is 6.99. The van der Waals surface area contributed by atoms with E-state index in [2.05, 4.69) is 37.4 Å². The summed E-state index contributed by atoms with van der Waals surface area (Å²) in [5, 5.41) is 2.23. The second-order valence-corrected chi connectivity index (χ2v) is 16.0. The van der Waals surface area contributed by atoms with Crippen molar-refractivity contribution >= 4 is 47.5 Å². The average Bonchev–Trinajstić information content (AvgIpc) is 2.53. The van der Waals surface area contributed by atoms with Crippen LogP contribution in [0.1, 0.15) is 0 Å². The largest absolute Gasteiger partial charge is 0.425 e. The lowest BCUT2D eigenvalue weighted by molar-refractivity contribution is 0.295. The molecule has 0 spiro atoms. The zero-order valence-corrected chi connectivity index (χ0v) is 17.6. The predicted molar refractivity (Wildman–Crippen MR) is 96.8 cm³/mol. The molecule has 0 atom stereocenters. The first-order chi connectivity index (χ1) is 10.6. The van der Waals surface area contributed by atoms with E-state index in [9.17, 15) is 0 Å². The van der Waals surface area contributed by atoms with Crippen molar-refractivity contribution in [3.63, 3.8) is 0 Å². The summed E-state index contributed by atoms with van der Waals surface area (Å²) >= 11 is 0. The molecule has 0 N–H and O–H groups in total. The minimum atomic E-state index is -2.76. The van der Waals surface area contributed by atoms with Crippen LogP contribution in [0.15, 0.2) is 60.7 Å². The third-order valence-corrected chi connectivity index (χ3v) is 15.5. The van der Waals surface area contributed by atoms with Crippen molar-refractivity contribution in [3.8, 4) is 0 Å². The molecule has 1 fully saturated rings. The van der Waals surface area contributed by atoms with E-state index in [1.807, 2.05) is 36.4 Å². The van der Waals surface area contributed by atoms with Crippen LogP contribution in [0.25, 0.3) is 0 Å². The molecule has 0 radical (unpaired) electrons. The van der Waals surface area contributed by atoms with Crippen molar-refractivity contribution in [1.29, 1.82) is 0 Å². The second kappa shape index (κ2) is 6.72. The molecule has 1 aliphatic rings. The summed E-state index contributed by atoms with van der Waals surface area (Å²) in [5.41, 5.74) is 0. The number of benzene rings is 2. The van der Waals surface area contributed by atoms with E-state index in [0.717, 1.165) is 10.4 Å². The Morgan fingerprint density at radius 2 is 1.23 bits per heavy atom. The predicted octanol–water partition coefficient (Wildman–Crippen LogP) is 0.0224. The third-order valence-electron chi connectivity index (χ3n) is 3.53. The molecule has 3 rings (SSSR count). The van der Waals surface area contributed by atoms with Crippen LogP contribution in [0.3, 0.4) is 0 Å². The maximum Gasteiger partial charge on any atom is 0.389 e. The monoisotopic (exact) mass is 364 g/mol. The summed E-state index contributed by atoms with van der Waals surface area (Å²) in [7, 11) is -7.09. The van der Waals surface area contributed by atoms with Crippen LogP contribution >= 0.6 is 0 Å². The third kappa shape index (κ3) is 3.39. The smallest absolute Gasteiger partial charge is 0.389 e. The van der Waals surface area contributed by atoms with Crippen molar-refractivity contribution in [3.05, 3.63) is 60.7 Å². The number of rotatable bonds is 2. The van der Waals surface area contributed by atoms with Crippen molar-refractivity contribution in [2.24, 2.45) is 0 Å². The molecule has 4 nitrogen and oxygen atoms in total. The Balaban J connectivity index is 2.13. The van der Waals surface area contributed by atoms with Gasteiger partial charge < -0.3 is 16.5 Å². The quantitative estimate of drug-likeness (QED) is 0.704. The van der Waals surface area contributed by atoms with Crippen LogP contribution in [-0.4, -0.2) is 37.1 Å². The molecule has 0 aromatic heterocycles. The van der Waals surface area contributed by atoms with Crippen molar-refractivity contribution in [2.45, 2.75) is 13.1 Å². The second-order valence-electron chi connectivity index (χ2n) is 5.58. The average molecular weight is 365 g/mol. The summed E-state index contributed by atoms with van der Waals surface area (Å²) < 4.78 is 24.8. The molecule has 0 unspecified atom stereocenters. The Kier molecular flexibility index (Phi) is 4.90. The van der Waals surface area contributed by atoms with Crippen LogP contribution in [0.5, 0.6) is 0 Å². The summed E-state index contributed by atoms with van der Waals surface area (Å²) in [6.07, 6.45) is 0. The van der Waals surface area contributed by atoms with Gasteiger partial charge in [0.1, 0.15) is 0 Å². The Bertz CT molecular complexity index is 569. The summed E-state index contributed by atoms with van der Waals surface area (Å²) in [6, 6.07) is 20.5. The maximum atomic E-state index is 6.66. The van der Waals surface area contributed by atoms with E-state index in [1.54, 1.807) is 0 Å². The van der Waals surface area contributed by atoms with Gasteiger partial charge in [-0.1, -0.05) is 60.7 Å². The van der Waals surface area contributed by atoms with Crippen LogP contribution in [0.2, 0.25) is 13.1 Å². The highest BCUT2D eigenvalue weighted by Crippen LogP contribution is 2.19. The molecule has 2 aromatic rings. The SMILES string of the molecule is C[Si]1(C)O[SiH2]O[SiH2]O[Si](c2ccccc2)(c2ccccc2)O1. The first-order valence-corrected chi connectivity index (χ1v) is 14.2. The van der Waals surface area contributed by atoms with E-state index < -0.39 is 37.1 Å². The van der Waals surface area contributed by atoms with Gasteiger partial charge in [0.2, 0.25) is 0 Å². The topological polar surface area (TPSA) is 36.9 Å². The Hall–Kier alpha value is -0.852. The summed E-state index contributed by atoms with van der Waals surface area (Å²) in [5.74, 6) is 0. The standard InChI is InChI=1S/C14H20O4Si4/c1-21(2)16-19-15-20-17-22(18-21,13-9-5-3-6-10-13)14-11-7-4-8-12-14/h3-12H,19-20H2,1-2H3. The van der Waals surface area contributed by atoms with Gasteiger partial charge in [0.15, 0.2) is 0 Å². The van der Waals surface area contributed by atoms with E-state index in [0.29, 0.717) is 0 Å². The maximum absolute atomic E-state index is 6.66. The Morgan fingerprint density at radius 3 is 1.77 bits per heavy atom. The first-order valence-electron chi connectivity index (χ1n) is 7.29. The molecular formula is C14H20O4Si4. The molecule has 8 heteroatoms. The number of hydrogen-bond donors (Lipinski definition) is 0. The van der Waals surface area contributed by atoms with E-state index in [1.165, 1.54) is 0 Å². The van der Waals surface area contributed by atoms with Gasteiger partial charge in [-0.15, -0.1) is 0 Å². The van der Waals surface area contributed by atoms with Crippen molar-refractivity contribution in [2.75, 3.05) is 0 Å². The fourth-order valence-corrected chi connectivity index (χ4v) is 14.9. The van der Waals surface area contributed by atoms with Crippen molar-refractivity contribution < 1.29 is 16.5 Å². The Labute approximate surface area is 138 Å². The van der Waals surface area contributed by atoms with Gasteiger partial charge in [-0.3, -0.25) is 0 Å². The first kappa shape index (κ1) is 16.0. The highest BCUT2D eigenvalue weighted by Gasteiger charge is 2.48. The van der Waals surface area contributed by atoms with Gasteiger partial charge in [-0.2, -0.15) is 0 Å². The van der Waals surface area contributed by atoms with Crippen LogP contribution in [0, 0.1) is 0 Å². The van der Waals surface area contributed by atoms with E-state index >= 15 is 0 Å². The van der Waals surface area contributed by atoms with Gasteiger partial charge in [0, 0.05) is 0 Å². The van der Waals surface area contributed by atoms with Crippen molar-refractivity contribution in [1.82, 2.24) is 0 Å². The molecule has 1 saturated heterocycles. The molecule has 0 saturated carbocycles. The molecule has 2 aromatic carbocycles. The van der Waals surface area contributed by atoms with E-state index in [-0.39, 0.29) is 0 Å². The zero-order chi connectivity index (χ0) is 15.5. The highest BCUT2D eigenvalue weighted by atomic mass is 28.5. The molecule has 116 valence electrons. The van der Waals surface area contributed by atoms with Gasteiger partial charge >= 0.3 is 17.1 Å². The lowest BCUT2D eigenvalue weighted by Gasteiger charge is -2.40. The lowest BCUT2D eigenvalue weighted by Crippen LogP contribution is -2.69. The van der Waals surface area contributed by atoms with Crippen LogP contribution in [0.4, 0.5) is 0 Å². The lowest BCUT2D eigenvalue weighted by atomic mass is 10.4. The molecule has 22 heavy (non-hydrogen) atoms.